The van der Waals surface area contributed by atoms with E-state index in [2.05, 4.69) is 27.6 Å². The van der Waals surface area contributed by atoms with E-state index in [-0.39, 0.29) is 17.4 Å². The van der Waals surface area contributed by atoms with Crippen LogP contribution in [0.1, 0.15) is 0 Å². The second-order valence-electron chi connectivity index (χ2n) is 0.0583. The number of rotatable bonds is 0. The molecule has 0 saturated carbocycles. The molecule has 4 heavy (non-hydrogen) atoms. The minimum absolute atomic E-state index is 0. The third kappa shape index (κ3) is 11.5. The van der Waals surface area contributed by atoms with Crippen LogP contribution in [0.4, 0.5) is 0 Å². The molecule has 0 aliphatic carbocycles. The Morgan fingerprint density at radius 1 is 1.25 bits per heavy atom. The van der Waals surface area contributed by atoms with Crippen molar-refractivity contribution in [1.82, 2.24) is 0 Å². The van der Waals surface area contributed by atoms with Crippen LogP contribution in [0, 0.1) is 0 Å². The van der Waals surface area contributed by atoms with Crippen molar-refractivity contribution in [3.63, 3.8) is 0 Å². The summed E-state index contributed by atoms with van der Waals surface area (Å²) >= 11 is 8.53. The Hall–Kier alpha value is 1.07. The predicted molar refractivity (Wildman–Crippen MR) is 12.8 cm³/mol. The van der Waals surface area contributed by atoms with Gasteiger partial charge in [0, 0.05) is 0 Å². The SMILES string of the molecule is ClOCl.[Cr+3]. The molecule has 0 amide bonds. The maximum absolute atomic E-state index is 4.26. The van der Waals surface area contributed by atoms with Gasteiger partial charge in [0.2, 0.25) is 0 Å². The molecule has 0 aromatic heterocycles. The van der Waals surface area contributed by atoms with Gasteiger partial charge in [-0.15, -0.1) is 0 Å². The van der Waals surface area contributed by atoms with E-state index in [1.54, 1.807) is 0 Å². The molecule has 0 saturated heterocycles. The van der Waals surface area contributed by atoms with E-state index in [9.17, 15) is 0 Å². The van der Waals surface area contributed by atoms with Gasteiger partial charge in [-0.2, -0.15) is 3.84 Å². The molecule has 0 heterocycles. The van der Waals surface area contributed by atoms with Crippen molar-refractivity contribution in [2.45, 2.75) is 0 Å². The molecule has 0 N–H and O–H groups in total. The van der Waals surface area contributed by atoms with Gasteiger partial charge in [-0.3, -0.25) is 0 Å². The number of hydrogen-bond donors (Lipinski definition) is 0. The molecule has 1 nitrogen and oxygen atoms in total. The molecule has 0 aliphatic rings. The third-order valence-corrected chi connectivity index (χ3v) is 0. The summed E-state index contributed by atoms with van der Waals surface area (Å²) in [6.07, 6.45) is 0. The number of hydrogen-bond acceptors (Lipinski definition) is 1. The largest absolute Gasteiger partial charge is 3.00 e. The van der Waals surface area contributed by atoms with Gasteiger partial charge in [0.25, 0.3) is 0 Å². The maximum atomic E-state index is 4.26. The van der Waals surface area contributed by atoms with E-state index < -0.39 is 0 Å². The van der Waals surface area contributed by atoms with Gasteiger partial charge in [-0.1, -0.05) is 0 Å². The Morgan fingerprint density at radius 2 is 1.25 bits per heavy atom. The first-order valence-electron chi connectivity index (χ1n) is 0.309. The van der Waals surface area contributed by atoms with E-state index in [1.807, 2.05) is 0 Å². The van der Waals surface area contributed by atoms with Crippen LogP contribution in [0.25, 0.3) is 0 Å². The molecule has 23 valence electrons. The summed E-state index contributed by atoms with van der Waals surface area (Å²) in [7, 11) is 0. The molecule has 0 fully saturated rings. The van der Waals surface area contributed by atoms with Crippen molar-refractivity contribution < 1.29 is 21.2 Å². The van der Waals surface area contributed by atoms with Crippen molar-refractivity contribution in [2.75, 3.05) is 0 Å². The van der Waals surface area contributed by atoms with Crippen LogP contribution in [0.15, 0.2) is 0 Å². The van der Waals surface area contributed by atoms with Crippen LogP contribution >= 0.6 is 23.7 Å². The maximum Gasteiger partial charge on any atom is 3.00 e. The Balaban J connectivity index is 0. The molecule has 0 aromatic rings. The van der Waals surface area contributed by atoms with E-state index in [4.69, 9.17) is 0 Å². The summed E-state index contributed by atoms with van der Waals surface area (Å²) in [6, 6.07) is 0. The quantitative estimate of drug-likeness (QED) is 0.491. The third-order valence-electron chi connectivity index (χ3n) is 0. The predicted octanol–water partition coefficient (Wildman–Crippen LogP) is 1.31. The smallest absolute Gasteiger partial charge is 0.166 e. The van der Waals surface area contributed by atoms with Gasteiger partial charge in [-0.05, 0) is 0 Å². The van der Waals surface area contributed by atoms with Crippen LogP contribution in [-0.2, 0) is 21.2 Å². The van der Waals surface area contributed by atoms with E-state index in [1.165, 1.54) is 0 Å². The van der Waals surface area contributed by atoms with Crippen LogP contribution in [0.3, 0.4) is 0 Å². The summed E-state index contributed by atoms with van der Waals surface area (Å²) in [6.45, 7) is 0. The van der Waals surface area contributed by atoms with E-state index >= 15 is 0 Å². The molecule has 0 atom stereocenters. The summed E-state index contributed by atoms with van der Waals surface area (Å²) in [5.41, 5.74) is 0. The molecule has 1 radical (unpaired) electrons. The zero-order valence-electron chi connectivity index (χ0n) is 1.57. The zero-order chi connectivity index (χ0) is 2.71. The van der Waals surface area contributed by atoms with Gasteiger partial charge in [-0.25, -0.2) is 0 Å². The van der Waals surface area contributed by atoms with Crippen LogP contribution in [0.2, 0.25) is 0 Å². The molecule has 0 aliphatic heterocycles. The van der Waals surface area contributed by atoms with Crippen molar-refractivity contribution in [1.29, 1.82) is 0 Å². The second-order valence-corrected chi connectivity index (χ2v) is 0.525. The van der Waals surface area contributed by atoms with Crippen molar-refractivity contribution in [3.8, 4) is 0 Å². The van der Waals surface area contributed by atoms with E-state index in [0.29, 0.717) is 0 Å². The Bertz CT molecular complexity index is 6.00. The van der Waals surface area contributed by atoms with Crippen LogP contribution in [-0.4, -0.2) is 0 Å². The minimum atomic E-state index is 0. The molecule has 4 heteroatoms. The molecular formula is Cl2CrO+3. The molecule has 0 spiro atoms. The zero-order valence-corrected chi connectivity index (χ0v) is 4.36. The van der Waals surface area contributed by atoms with Crippen molar-refractivity contribution >= 4 is 23.7 Å². The van der Waals surface area contributed by atoms with Gasteiger partial charge < -0.3 is 0 Å². The van der Waals surface area contributed by atoms with Crippen LogP contribution in [0.5, 0.6) is 0 Å². The summed E-state index contributed by atoms with van der Waals surface area (Å²) in [5, 5.41) is 0. The fourth-order valence-corrected chi connectivity index (χ4v) is 0. The Morgan fingerprint density at radius 3 is 1.25 bits per heavy atom. The normalized spacial score (nSPS) is 4.50. The van der Waals surface area contributed by atoms with Crippen molar-refractivity contribution in [3.05, 3.63) is 0 Å². The van der Waals surface area contributed by atoms with Gasteiger partial charge in [0.15, 0.2) is 0 Å². The van der Waals surface area contributed by atoms with Crippen LogP contribution < -0.4 is 0 Å². The first-order valence-corrected chi connectivity index (χ1v) is 0.926. The Kier molecular flexibility index (Phi) is 19.9. The molecular weight excluding hydrogens is 139 g/mol. The first-order chi connectivity index (χ1) is 1.41. The van der Waals surface area contributed by atoms with Crippen molar-refractivity contribution in [2.24, 2.45) is 0 Å². The molecule has 0 aromatic carbocycles. The monoisotopic (exact) mass is 138 g/mol. The average molecular weight is 139 g/mol. The fourth-order valence-electron chi connectivity index (χ4n) is 0. The Labute approximate surface area is 45.3 Å². The summed E-state index contributed by atoms with van der Waals surface area (Å²) in [4.78, 5) is 0. The van der Waals surface area contributed by atoms with E-state index in [0.717, 1.165) is 0 Å². The summed E-state index contributed by atoms with van der Waals surface area (Å²) in [5.74, 6) is 0. The van der Waals surface area contributed by atoms with Gasteiger partial charge in [0.05, 0.1) is 23.7 Å². The number of halogens is 2. The molecule has 0 bridgehead atoms. The second kappa shape index (κ2) is 8.95. The minimum Gasteiger partial charge on any atom is -0.166 e. The standard InChI is InChI=1S/Cl2O.Cr/c1-3-2;/q;+3. The molecule has 0 unspecified atom stereocenters. The fraction of sp³-hybridized carbons (Fsp3) is 0. The van der Waals surface area contributed by atoms with Gasteiger partial charge in [0.1, 0.15) is 0 Å². The molecule has 0 rings (SSSR count). The summed E-state index contributed by atoms with van der Waals surface area (Å²) < 4.78 is 3.19. The van der Waals surface area contributed by atoms with Gasteiger partial charge >= 0.3 is 17.4 Å². The average Bonchev–Trinajstić information content (AvgIpc) is 0.918. The first kappa shape index (κ1) is 8.91. The topological polar surface area (TPSA) is 9.23 Å².